The Hall–Kier alpha value is -1.33. The maximum atomic E-state index is 13.0. The fourth-order valence-corrected chi connectivity index (χ4v) is 5.47. The smallest absolute Gasteiger partial charge is 0.332 e. The van der Waals surface area contributed by atoms with Gasteiger partial charge in [0.2, 0.25) is 5.88 Å². The summed E-state index contributed by atoms with van der Waals surface area (Å²) in [4.78, 5) is 12.8. The first-order chi connectivity index (χ1) is 11.1. The van der Waals surface area contributed by atoms with Gasteiger partial charge in [-0.15, -0.1) is 11.8 Å². The minimum Gasteiger partial charge on any atom is -0.493 e. The lowest BCUT2D eigenvalue weighted by Crippen LogP contribution is -2.38. The molecule has 122 valence electrons. The molecule has 2 aliphatic rings. The molecule has 1 aromatic heterocycles. The van der Waals surface area contributed by atoms with Crippen LogP contribution < -0.4 is 5.69 Å². The third-order valence-electron chi connectivity index (χ3n) is 4.98. The molecule has 1 N–H and O–H groups in total. The van der Waals surface area contributed by atoms with Gasteiger partial charge in [0, 0.05) is 10.8 Å². The Labute approximate surface area is 144 Å². The summed E-state index contributed by atoms with van der Waals surface area (Å²) in [7, 11) is 0. The maximum Gasteiger partial charge on any atom is 0.332 e. The van der Waals surface area contributed by atoms with Gasteiger partial charge in [0.1, 0.15) is 0 Å². The molecule has 1 spiro atoms. The highest BCUT2D eigenvalue weighted by Crippen LogP contribution is 2.51. The molecule has 2 aromatic rings. The Morgan fingerprint density at radius 2 is 1.87 bits per heavy atom. The Morgan fingerprint density at radius 1 is 1.17 bits per heavy atom. The van der Waals surface area contributed by atoms with E-state index in [1.54, 1.807) is 12.1 Å². The first-order valence-electron chi connectivity index (χ1n) is 8.03. The summed E-state index contributed by atoms with van der Waals surface area (Å²) in [6.45, 7) is 0.378. The van der Waals surface area contributed by atoms with Crippen molar-refractivity contribution >= 4 is 23.4 Å². The molecular formula is C17H19ClN2O2S. The second-order valence-corrected chi connectivity index (χ2v) is 8.17. The first kappa shape index (κ1) is 15.2. The van der Waals surface area contributed by atoms with Crippen LogP contribution in [0.15, 0.2) is 29.1 Å². The zero-order valence-corrected chi connectivity index (χ0v) is 14.4. The van der Waals surface area contributed by atoms with Crippen LogP contribution in [0.25, 0.3) is 0 Å². The van der Waals surface area contributed by atoms with Gasteiger partial charge < -0.3 is 5.11 Å². The number of rotatable bonds is 2. The summed E-state index contributed by atoms with van der Waals surface area (Å²) in [5, 5.41) is 11.2. The molecule has 1 aliphatic carbocycles. The predicted octanol–water partition coefficient (Wildman–Crippen LogP) is 3.92. The molecule has 1 aliphatic heterocycles. The van der Waals surface area contributed by atoms with Gasteiger partial charge in [0.05, 0.1) is 17.1 Å². The molecule has 1 fully saturated rings. The van der Waals surface area contributed by atoms with Crippen LogP contribution >= 0.6 is 23.4 Å². The average molecular weight is 351 g/mol. The minimum atomic E-state index is -0.132. The van der Waals surface area contributed by atoms with Crippen LogP contribution in [0.1, 0.15) is 43.4 Å². The molecule has 0 bridgehead atoms. The van der Waals surface area contributed by atoms with E-state index in [0.717, 1.165) is 36.9 Å². The fraction of sp³-hybridized carbons (Fsp3) is 0.471. The van der Waals surface area contributed by atoms with Crippen molar-refractivity contribution in [3.05, 3.63) is 51.0 Å². The number of thioether (sulfide) groups is 1. The van der Waals surface area contributed by atoms with Crippen molar-refractivity contribution in [1.82, 2.24) is 9.13 Å². The van der Waals surface area contributed by atoms with Gasteiger partial charge in [0.25, 0.3) is 0 Å². The first-order valence-corrected chi connectivity index (χ1v) is 9.39. The number of imidazole rings is 1. The third kappa shape index (κ3) is 2.41. The number of hydrogen-bond acceptors (Lipinski definition) is 3. The topological polar surface area (TPSA) is 47.2 Å². The summed E-state index contributed by atoms with van der Waals surface area (Å²) in [5.74, 6) is 0.842. The lowest BCUT2D eigenvalue weighted by Gasteiger charge is -2.33. The maximum absolute atomic E-state index is 13.0. The van der Waals surface area contributed by atoms with Gasteiger partial charge in [-0.2, -0.15) is 0 Å². The van der Waals surface area contributed by atoms with Crippen molar-refractivity contribution in [2.75, 3.05) is 0 Å². The Balaban J connectivity index is 1.74. The van der Waals surface area contributed by atoms with Crippen LogP contribution in [0.2, 0.25) is 5.02 Å². The lowest BCUT2D eigenvalue weighted by molar-refractivity contribution is 0.306. The van der Waals surface area contributed by atoms with Gasteiger partial charge in [-0.05, 0) is 30.5 Å². The van der Waals surface area contributed by atoms with Crippen LogP contribution in [0.5, 0.6) is 5.88 Å². The van der Waals surface area contributed by atoms with Gasteiger partial charge in [-0.25, -0.2) is 4.79 Å². The monoisotopic (exact) mass is 350 g/mol. The SMILES string of the molecule is O=c1n(Cc2ccc(Cl)cc2)c(O)c2n1C1(CCCCC1)SC2. The molecule has 0 radical (unpaired) electrons. The van der Waals surface area contributed by atoms with Crippen molar-refractivity contribution in [3.63, 3.8) is 0 Å². The summed E-state index contributed by atoms with van der Waals surface area (Å²) in [5.41, 5.74) is 1.66. The van der Waals surface area contributed by atoms with Crippen LogP contribution in [-0.2, 0) is 17.2 Å². The van der Waals surface area contributed by atoms with Gasteiger partial charge >= 0.3 is 5.69 Å². The summed E-state index contributed by atoms with van der Waals surface area (Å²) >= 11 is 7.73. The van der Waals surface area contributed by atoms with Crippen molar-refractivity contribution in [2.45, 2.75) is 49.3 Å². The third-order valence-corrected chi connectivity index (χ3v) is 6.78. The highest BCUT2D eigenvalue weighted by molar-refractivity contribution is 7.99. The zero-order valence-electron chi connectivity index (χ0n) is 12.8. The van der Waals surface area contributed by atoms with Crippen LogP contribution in [0.4, 0.5) is 0 Å². The molecule has 1 aromatic carbocycles. The van der Waals surface area contributed by atoms with E-state index in [1.165, 1.54) is 11.0 Å². The number of aromatic nitrogens is 2. The van der Waals surface area contributed by atoms with Crippen molar-refractivity contribution in [2.24, 2.45) is 0 Å². The highest BCUT2D eigenvalue weighted by atomic mass is 35.5. The highest BCUT2D eigenvalue weighted by Gasteiger charge is 2.44. The van der Waals surface area contributed by atoms with E-state index in [2.05, 4.69) is 0 Å². The summed E-state index contributed by atoms with van der Waals surface area (Å²) in [6, 6.07) is 7.40. The van der Waals surface area contributed by atoms with E-state index in [1.807, 2.05) is 28.5 Å². The van der Waals surface area contributed by atoms with E-state index in [9.17, 15) is 9.90 Å². The second kappa shape index (κ2) is 5.64. The molecule has 23 heavy (non-hydrogen) atoms. The number of hydrogen-bond donors (Lipinski definition) is 1. The van der Waals surface area contributed by atoms with Crippen molar-refractivity contribution < 1.29 is 5.11 Å². The minimum absolute atomic E-state index is 0.0839. The molecule has 1 saturated carbocycles. The lowest BCUT2D eigenvalue weighted by atomic mass is 9.94. The zero-order chi connectivity index (χ0) is 16.0. The summed E-state index contributed by atoms with van der Waals surface area (Å²) < 4.78 is 3.37. The average Bonchev–Trinajstić information content (AvgIpc) is 3.03. The molecular weight excluding hydrogens is 332 g/mol. The van der Waals surface area contributed by atoms with E-state index in [0.29, 0.717) is 17.3 Å². The van der Waals surface area contributed by atoms with Gasteiger partial charge in [-0.3, -0.25) is 9.13 Å². The van der Waals surface area contributed by atoms with Crippen molar-refractivity contribution in [3.8, 4) is 5.88 Å². The Bertz CT molecular complexity index is 788. The van der Waals surface area contributed by atoms with Gasteiger partial charge in [-0.1, -0.05) is 43.0 Å². The number of nitrogens with zero attached hydrogens (tertiary/aromatic N) is 2. The number of benzene rings is 1. The second-order valence-electron chi connectivity index (χ2n) is 6.40. The van der Waals surface area contributed by atoms with E-state index in [-0.39, 0.29) is 16.4 Å². The van der Waals surface area contributed by atoms with E-state index >= 15 is 0 Å². The van der Waals surface area contributed by atoms with E-state index in [4.69, 9.17) is 11.6 Å². The number of aromatic hydroxyl groups is 1. The number of fused-ring (bicyclic) bond motifs is 2. The largest absolute Gasteiger partial charge is 0.493 e. The summed E-state index contributed by atoms with van der Waals surface area (Å²) in [6.07, 6.45) is 5.60. The van der Waals surface area contributed by atoms with E-state index < -0.39 is 0 Å². The Kier molecular flexibility index (Phi) is 3.73. The molecule has 6 heteroatoms. The van der Waals surface area contributed by atoms with Crippen LogP contribution in [-0.4, -0.2) is 14.2 Å². The fourth-order valence-electron chi connectivity index (χ4n) is 3.79. The normalized spacial score (nSPS) is 19.2. The van der Waals surface area contributed by atoms with Gasteiger partial charge in [0.15, 0.2) is 0 Å². The Morgan fingerprint density at radius 3 is 2.57 bits per heavy atom. The van der Waals surface area contributed by atoms with Crippen molar-refractivity contribution in [1.29, 1.82) is 0 Å². The van der Waals surface area contributed by atoms with Crippen LogP contribution in [0, 0.1) is 0 Å². The number of halogens is 1. The quantitative estimate of drug-likeness (QED) is 0.892. The molecule has 0 atom stereocenters. The predicted molar refractivity (Wildman–Crippen MR) is 93.3 cm³/mol. The molecule has 0 saturated heterocycles. The molecule has 2 heterocycles. The molecule has 0 amide bonds. The van der Waals surface area contributed by atoms with Crippen LogP contribution in [0.3, 0.4) is 0 Å². The standard InChI is InChI=1S/C17H19ClN2O2S/c18-13-6-4-12(5-7-13)10-19-15(21)14-11-23-17(20(14)16(19)22)8-2-1-3-9-17/h4-7,21H,1-3,8-11H2. The molecule has 0 unspecified atom stereocenters. The molecule has 4 nitrogen and oxygen atoms in total. The molecule has 4 rings (SSSR count).